The Labute approximate surface area is 111 Å². The van der Waals surface area contributed by atoms with Crippen LogP contribution in [0.4, 0.5) is 5.82 Å². The van der Waals surface area contributed by atoms with E-state index in [0.717, 1.165) is 32.4 Å². The zero-order chi connectivity index (χ0) is 13.8. The number of carbonyl (C=O) groups excluding carboxylic acids is 1. The minimum absolute atomic E-state index is 0.0762. The first-order valence-corrected chi connectivity index (χ1v) is 6.41. The third kappa shape index (κ3) is 3.11. The van der Waals surface area contributed by atoms with E-state index in [-0.39, 0.29) is 17.8 Å². The first kappa shape index (κ1) is 13.5. The van der Waals surface area contributed by atoms with Gasteiger partial charge >= 0.3 is 5.82 Å². The topological polar surface area (TPSA) is 89.2 Å². The summed E-state index contributed by atoms with van der Waals surface area (Å²) in [5.74, 6) is -0.324. The fourth-order valence-electron chi connectivity index (χ4n) is 2.33. The third-order valence-corrected chi connectivity index (χ3v) is 3.43. The molecule has 1 aliphatic rings. The highest BCUT2D eigenvalue weighted by Gasteiger charge is 2.23. The van der Waals surface area contributed by atoms with Crippen molar-refractivity contribution in [1.29, 1.82) is 0 Å². The number of aromatic nitrogens is 1. The van der Waals surface area contributed by atoms with Gasteiger partial charge in [0.05, 0.1) is 7.05 Å². The monoisotopic (exact) mass is 266 g/mol. The summed E-state index contributed by atoms with van der Waals surface area (Å²) in [5.41, 5.74) is 0.323. The maximum absolute atomic E-state index is 12.1. The largest absolute Gasteiger partial charge is 0.358 e. The van der Waals surface area contributed by atoms with E-state index in [2.05, 4.69) is 10.6 Å². The van der Waals surface area contributed by atoms with Gasteiger partial charge in [0.1, 0.15) is 0 Å². The Morgan fingerprint density at radius 3 is 2.95 bits per heavy atom. The summed E-state index contributed by atoms with van der Waals surface area (Å²) in [6.07, 6.45) is 2.85. The predicted octanol–water partition coefficient (Wildman–Crippen LogP) is 0.805. The summed E-state index contributed by atoms with van der Waals surface area (Å²) in [5, 5.41) is 17.0. The van der Waals surface area contributed by atoms with E-state index in [9.17, 15) is 14.9 Å². The number of nitrogens with zero attached hydrogens (tertiary/aromatic N) is 2. The van der Waals surface area contributed by atoms with Crippen molar-refractivity contribution < 1.29 is 9.72 Å². The first-order chi connectivity index (χ1) is 9.09. The Morgan fingerprint density at radius 2 is 2.26 bits per heavy atom. The molecule has 0 aromatic carbocycles. The molecular formula is C12H18N4O3. The predicted molar refractivity (Wildman–Crippen MR) is 70.0 cm³/mol. The van der Waals surface area contributed by atoms with Crippen molar-refractivity contribution in [3.63, 3.8) is 0 Å². The summed E-state index contributed by atoms with van der Waals surface area (Å²) in [7, 11) is 1.53. The van der Waals surface area contributed by atoms with Gasteiger partial charge in [-0.3, -0.25) is 4.79 Å². The van der Waals surface area contributed by atoms with Crippen LogP contribution in [0, 0.1) is 10.1 Å². The Hall–Kier alpha value is -1.89. The molecule has 1 saturated heterocycles. The highest BCUT2D eigenvalue weighted by molar-refractivity contribution is 5.93. The van der Waals surface area contributed by atoms with E-state index in [0.29, 0.717) is 5.69 Å². The number of nitrogens with one attached hydrogen (secondary N) is 2. The number of hydrogen-bond donors (Lipinski definition) is 2. The number of nitro groups is 1. The van der Waals surface area contributed by atoms with E-state index in [4.69, 9.17) is 0 Å². The lowest BCUT2D eigenvalue weighted by atomic mass is 10.1. The average molecular weight is 266 g/mol. The smallest absolute Gasteiger partial charge is 0.323 e. The molecule has 2 heterocycles. The van der Waals surface area contributed by atoms with Gasteiger partial charge in [0.15, 0.2) is 5.69 Å². The molecular weight excluding hydrogens is 248 g/mol. The second-order valence-corrected chi connectivity index (χ2v) is 4.74. The molecule has 1 aromatic heterocycles. The van der Waals surface area contributed by atoms with Gasteiger partial charge in [-0.05, 0) is 43.3 Å². The second kappa shape index (κ2) is 5.83. The zero-order valence-corrected chi connectivity index (χ0v) is 10.9. The molecule has 1 aliphatic heterocycles. The van der Waals surface area contributed by atoms with Crippen LogP contribution in [0.5, 0.6) is 0 Å². The van der Waals surface area contributed by atoms with Crippen LogP contribution in [-0.4, -0.2) is 34.5 Å². The summed E-state index contributed by atoms with van der Waals surface area (Å²) in [6, 6.07) is 2.97. The minimum atomic E-state index is -0.494. The molecule has 104 valence electrons. The third-order valence-electron chi connectivity index (χ3n) is 3.43. The van der Waals surface area contributed by atoms with Crippen molar-refractivity contribution in [2.45, 2.75) is 25.3 Å². The molecule has 1 amide bonds. The molecule has 7 heteroatoms. The van der Waals surface area contributed by atoms with Gasteiger partial charge in [0, 0.05) is 12.1 Å². The molecule has 1 unspecified atom stereocenters. The van der Waals surface area contributed by atoms with Gasteiger partial charge in [-0.25, -0.2) is 4.57 Å². The van der Waals surface area contributed by atoms with Crippen LogP contribution >= 0.6 is 0 Å². The Kier molecular flexibility index (Phi) is 4.16. The maximum atomic E-state index is 12.1. The van der Waals surface area contributed by atoms with Crippen molar-refractivity contribution >= 4 is 11.7 Å². The lowest BCUT2D eigenvalue weighted by Crippen LogP contribution is -2.36. The lowest BCUT2D eigenvalue weighted by Gasteiger charge is -2.15. The van der Waals surface area contributed by atoms with E-state index in [1.165, 1.54) is 23.7 Å². The van der Waals surface area contributed by atoms with Crippen LogP contribution in [0.3, 0.4) is 0 Å². The van der Waals surface area contributed by atoms with Crippen LogP contribution in [0.15, 0.2) is 12.1 Å². The average Bonchev–Trinajstić information content (AvgIpc) is 2.58. The quantitative estimate of drug-likeness (QED) is 0.625. The summed E-state index contributed by atoms with van der Waals surface area (Å²) < 4.78 is 1.31. The zero-order valence-electron chi connectivity index (χ0n) is 10.9. The molecule has 2 N–H and O–H groups in total. The lowest BCUT2D eigenvalue weighted by molar-refractivity contribution is -0.391. The summed E-state index contributed by atoms with van der Waals surface area (Å²) in [6.45, 7) is 1.86. The maximum Gasteiger partial charge on any atom is 0.323 e. The SMILES string of the molecule is Cn1c(C(=O)NC2CCCNCC2)ccc1[N+](=O)[O-]. The normalized spacial score (nSPS) is 19.7. The van der Waals surface area contributed by atoms with Gasteiger partial charge in [-0.15, -0.1) is 0 Å². The van der Waals surface area contributed by atoms with E-state index in [1.54, 1.807) is 0 Å². The molecule has 1 atom stereocenters. The van der Waals surface area contributed by atoms with Crippen molar-refractivity contribution in [3.8, 4) is 0 Å². The molecule has 0 aliphatic carbocycles. The van der Waals surface area contributed by atoms with Gasteiger partial charge < -0.3 is 20.7 Å². The molecule has 19 heavy (non-hydrogen) atoms. The Bertz CT molecular complexity index is 475. The fraction of sp³-hybridized carbons (Fsp3) is 0.583. The molecule has 0 bridgehead atoms. The first-order valence-electron chi connectivity index (χ1n) is 6.41. The van der Waals surface area contributed by atoms with Gasteiger partial charge in [0.25, 0.3) is 5.91 Å². The Balaban J connectivity index is 2.05. The van der Waals surface area contributed by atoms with Gasteiger partial charge in [-0.2, -0.15) is 0 Å². The van der Waals surface area contributed by atoms with E-state index < -0.39 is 4.92 Å². The molecule has 2 rings (SSSR count). The van der Waals surface area contributed by atoms with Crippen molar-refractivity contribution in [2.24, 2.45) is 7.05 Å². The Morgan fingerprint density at radius 1 is 1.47 bits per heavy atom. The molecule has 0 saturated carbocycles. The van der Waals surface area contributed by atoms with Gasteiger partial charge in [0.2, 0.25) is 0 Å². The molecule has 7 nitrogen and oxygen atoms in total. The standard InChI is InChI=1S/C12H18N4O3/c1-15-10(4-5-11(15)16(18)19)12(17)14-9-3-2-7-13-8-6-9/h4-5,9,13H,2-3,6-8H2,1H3,(H,14,17). The minimum Gasteiger partial charge on any atom is -0.358 e. The molecule has 1 fully saturated rings. The van der Waals surface area contributed by atoms with Crippen LogP contribution in [0.25, 0.3) is 0 Å². The fourth-order valence-corrected chi connectivity index (χ4v) is 2.33. The number of amides is 1. The summed E-state index contributed by atoms with van der Waals surface area (Å²) >= 11 is 0. The number of rotatable bonds is 3. The number of hydrogen-bond acceptors (Lipinski definition) is 4. The van der Waals surface area contributed by atoms with Crippen LogP contribution < -0.4 is 10.6 Å². The van der Waals surface area contributed by atoms with Crippen LogP contribution in [-0.2, 0) is 7.05 Å². The van der Waals surface area contributed by atoms with E-state index >= 15 is 0 Å². The molecule has 1 aromatic rings. The summed E-state index contributed by atoms with van der Waals surface area (Å²) in [4.78, 5) is 22.4. The van der Waals surface area contributed by atoms with Crippen molar-refractivity contribution in [2.75, 3.05) is 13.1 Å². The molecule has 0 radical (unpaired) electrons. The highest BCUT2D eigenvalue weighted by Crippen LogP contribution is 2.15. The number of carbonyl (C=O) groups is 1. The van der Waals surface area contributed by atoms with Gasteiger partial charge in [-0.1, -0.05) is 0 Å². The van der Waals surface area contributed by atoms with Crippen molar-refractivity contribution in [1.82, 2.24) is 15.2 Å². The second-order valence-electron chi connectivity index (χ2n) is 4.74. The van der Waals surface area contributed by atoms with Crippen molar-refractivity contribution in [3.05, 3.63) is 27.9 Å². The molecule has 0 spiro atoms. The van der Waals surface area contributed by atoms with Crippen LogP contribution in [0.2, 0.25) is 0 Å². The van der Waals surface area contributed by atoms with Crippen LogP contribution in [0.1, 0.15) is 29.8 Å². The highest BCUT2D eigenvalue weighted by atomic mass is 16.6. The van der Waals surface area contributed by atoms with E-state index in [1.807, 2.05) is 0 Å².